The van der Waals surface area contributed by atoms with Crippen LogP contribution in [0.5, 0.6) is 0 Å². The number of rotatable bonds is 4. The molecule has 0 aromatic carbocycles. The molecule has 0 aliphatic rings. The molecule has 0 saturated carbocycles. The van der Waals surface area contributed by atoms with E-state index in [4.69, 9.17) is 0 Å². The predicted octanol–water partition coefficient (Wildman–Crippen LogP) is 3.70. The predicted molar refractivity (Wildman–Crippen MR) is 51.6 cm³/mol. The average Bonchev–Trinajstić information content (AvgIpc) is 1.93. The summed E-state index contributed by atoms with van der Waals surface area (Å²) in [7, 11) is 0. The molecule has 0 spiro atoms. The van der Waals surface area contributed by atoms with Gasteiger partial charge in [0, 0.05) is 0 Å². The zero-order valence-electron chi connectivity index (χ0n) is 8.71. The molecule has 0 heterocycles. The summed E-state index contributed by atoms with van der Waals surface area (Å²) in [5, 5.41) is 0. The minimum atomic E-state index is 0. The van der Waals surface area contributed by atoms with Crippen molar-refractivity contribution in [2.24, 2.45) is 0 Å². The molecule has 0 aromatic rings. The van der Waals surface area contributed by atoms with Gasteiger partial charge in [0.15, 0.2) is 0 Å². The summed E-state index contributed by atoms with van der Waals surface area (Å²) >= 11 is 0. The zero-order chi connectivity index (χ0) is 8.24. The summed E-state index contributed by atoms with van der Waals surface area (Å²) in [6.45, 7) is 11.4. The topological polar surface area (TPSA) is 57.0 Å². The van der Waals surface area contributed by atoms with E-state index < -0.39 is 0 Å². The fraction of sp³-hybridized carbons (Fsp3) is 0.600. The van der Waals surface area contributed by atoms with E-state index in [9.17, 15) is 0 Å². The van der Waals surface area contributed by atoms with Crippen LogP contribution in [-0.2, 0) is 32.7 Å². The van der Waals surface area contributed by atoms with Crippen LogP contribution in [0.15, 0.2) is 25.3 Å². The van der Waals surface area contributed by atoms with E-state index in [0.717, 1.165) is 12.8 Å². The zero-order valence-corrected chi connectivity index (χ0v) is 10.3. The van der Waals surface area contributed by atoms with Crippen LogP contribution in [0, 0.1) is 0 Å². The molecular weight excluding hydrogens is 200 g/mol. The average molecular weight is 220 g/mol. The van der Waals surface area contributed by atoms with E-state index in [0.29, 0.717) is 0 Å². The van der Waals surface area contributed by atoms with Crippen molar-refractivity contribution >= 4 is 0 Å². The summed E-state index contributed by atoms with van der Waals surface area (Å²) in [6, 6.07) is 0. The Morgan fingerprint density at radius 2 is 1.08 bits per heavy atom. The Kier molecular flexibility index (Phi) is 90.0. The number of unbranched alkanes of at least 4 members (excludes halogenated alkanes) is 2. The second-order valence-corrected chi connectivity index (χ2v) is 2.15. The summed E-state index contributed by atoms with van der Waals surface area (Å²) in [5.41, 5.74) is 0. The van der Waals surface area contributed by atoms with Gasteiger partial charge in [0.2, 0.25) is 0 Å². The Labute approximate surface area is 97.6 Å². The number of allylic oxidation sites excluding steroid dienone is 2. The normalized spacial score (nSPS) is 5.69. The smallest absolute Gasteiger partial charge is 2.00 e. The van der Waals surface area contributed by atoms with Crippen molar-refractivity contribution in [1.29, 1.82) is 0 Å². The van der Waals surface area contributed by atoms with Crippen LogP contribution in [0.2, 0.25) is 0 Å². The molecule has 0 unspecified atom stereocenters. The molecule has 0 aromatic heterocycles. The SMILES string of the molecule is C=CCCC.C=CCCC.[O-2].[O-2].[Ti+4]. The summed E-state index contributed by atoms with van der Waals surface area (Å²) < 4.78 is 0. The summed E-state index contributed by atoms with van der Waals surface area (Å²) in [4.78, 5) is 0. The fourth-order valence-electron chi connectivity index (χ4n) is 0.408. The van der Waals surface area contributed by atoms with Gasteiger partial charge in [-0.25, -0.2) is 0 Å². The van der Waals surface area contributed by atoms with E-state index in [1.165, 1.54) is 12.8 Å². The number of hydrogen-bond acceptors (Lipinski definition) is 0. The third-order valence-corrected chi connectivity index (χ3v) is 0.986. The van der Waals surface area contributed by atoms with Gasteiger partial charge in [-0.3, -0.25) is 0 Å². The van der Waals surface area contributed by atoms with Gasteiger partial charge in [-0.1, -0.05) is 38.8 Å². The molecule has 0 rings (SSSR count). The van der Waals surface area contributed by atoms with Crippen molar-refractivity contribution in [3.63, 3.8) is 0 Å². The standard InChI is InChI=1S/2C5H10.2O.Ti/c2*1-3-5-4-2;;;/h2*3H,1,4-5H2,2H3;;;/q;;2*-2;+4. The van der Waals surface area contributed by atoms with Crippen molar-refractivity contribution < 1.29 is 32.7 Å². The van der Waals surface area contributed by atoms with E-state index in [-0.39, 0.29) is 32.7 Å². The first-order valence-corrected chi connectivity index (χ1v) is 4.05. The molecule has 0 aliphatic carbocycles. The monoisotopic (exact) mass is 220 g/mol. The van der Waals surface area contributed by atoms with Gasteiger partial charge in [-0.15, -0.1) is 13.2 Å². The Morgan fingerprint density at radius 3 is 1.08 bits per heavy atom. The first-order valence-electron chi connectivity index (χ1n) is 4.05. The molecule has 0 radical (unpaired) electrons. The second kappa shape index (κ2) is 40.0. The minimum absolute atomic E-state index is 0. The molecule has 0 saturated heterocycles. The molecule has 3 heteroatoms. The molecule has 0 atom stereocenters. The minimum Gasteiger partial charge on any atom is -2.00 e. The Morgan fingerprint density at radius 1 is 0.846 bits per heavy atom. The Bertz CT molecular complexity index is 65.3. The summed E-state index contributed by atoms with van der Waals surface area (Å²) in [5.74, 6) is 0. The fourth-order valence-corrected chi connectivity index (χ4v) is 0.408. The van der Waals surface area contributed by atoms with Crippen molar-refractivity contribution in [3.05, 3.63) is 25.3 Å². The Balaban J connectivity index is -0.0000000267. The Hall–Kier alpha value is 0.114. The van der Waals surface area contributed by atoms with Crippen LogP contribution in [0.3, 0.4) is 0 Å². The van der Waals surface area contributed by atoms with Crippen LogP contribution in [0.4, 0.5) is 0 Å². The van der Waals surface area contributed by atoms with Gasteiger partial charge >= 0.3 is 21.7 Å². The van der Waals surface area contributed by atoms with Crippen LogP contribution >= 0.6 is 0 Å². The molecule has 2 nitrogen and oxygen atoms in total. The van der Waals surface area contributed by atoms with Gasteiger partial charge in [-0.05, 0) is 12.8 Å². The first-order chi connectivity index (χ1) is 4.83. The van der Waals surface area contributed by atoms with E-state index in [1.807, 2.05) is 12.2 Å². The van der Waals surface area contributed by atoms with Crippen LogP contribution < -0.4 is 0 Å². The van der Waals surface area contributed by atoms with Crippen molar-refractivity contribution in [2.45, 2.75) is 39.5 Å². The second-order valence-electron chi connectivity index (χ2n) is 2.15. The van der Waals surface area contributed by atoms with Gasteiger partial charge < -0.3 is 11.0 Å². The molecule has 76 valence electrons. The van der Waals surface area contributed by atoms with Crippen molar-refractivity contribution in [3.8, 4) is 0 Å². The quantitative estimate of drug-likeness (QED) is 0.512. The van der Waals surface area contributed by atoms with E-state index >= 15 is 0 Å². The molecule has 0 aliphatic heterocycles. The van der Waals surface area contributed by atoms with Crippen LogP contribution in [0.1, 0.15) is 39.5 Å². The van der Waals surface area contributed by atoms with Gasteiger partial charge in [-0.2, -0.15) is 0 Å². The maximum atomic E-state index is 3.55. The van der Waals surface area contributed by atoms with E-state index in [1.54, 1.807) is 0 Å². The van der Waals surface area contributed by atoms with Crippen LogP contribution in [0.25, 0.3) is 0 Å². The first kappa shape index (κ1) is 29.2. The molecular formula is C10H20O2Ti. The largest absolute Gasteiger partial charge is 4.00 e. The van der Waals surface area contributed by atoms with Crippen LogP contribution in [-0.4, -0.2) is 0 Å². The maximum absolute atomic E-state index is 3.55. The van der Waals surface area contributed by atoms with Gasteiger partial charge in [0.1, 0.15) is 0 Å². The maximum Gasteiger partial charge on any atom is 4.00 e. The molecule has 0 fully saturated rings. The van der Waals surface area contributed by atoms with E-state index in [2.05, 4.69) is 27.0 Å². The van der Waals surface area contributed by atoms with Crippen molar-refractivity contribution in [1.82, 2.24) is 0 Å². The summed E-state index contributed by atoms with van der Waals surface area (Å²) in [6.07, 6.45) is 8.62. The molecule has 13 heavy (non-hydrogen) atoms. The van der Waals surface area contributed by atoms with Gasteiger partial charge in [0.05, 0.1) is 0 Å². The third-order valence-electron chi connectivity index (χ3n) is 0.986. The van der Waals surface area contributed by atoms with Gasteiger partial charge in [0.25, 0.3) is 0 Å². The molecule has 0 N–H and O–H groups in total. The molecule has 0 amide bonds. The third kappa shape index (κ3) is 73.2. The van der Waals surface area contributed by atoms with Crippen molar-refractivity contribution in [2.75, 3.05) is 0 Å². The number of hydrogen-bond donors (Lipinski definition) is 0. The molecule has 0 bridgehead atoms.